The van der Waals surface area contributed by atoms with E-state index >= 15 is 0 Å². The largest absolute Gasteiger partial charge is 0.385 e. The molecule has 0 spiro atoms. The first kappa shape index (κ1) is 17.3. The van der Waals surface area contributed by atoms with Gasteiger partial charge in [0.1, 0.15) is 0 Å². The fraction of sp³-hybridized carbons (Fsp3) is 0.273. The molecular weight excluding hydrogens is 306 g/mol. The molecule has 2 aromatic carbocycles. The number of nitrogens with zero attached hydrogens (tertiary/aromatic N) is 2. The van der Waals surface area contributed by atoms with E-state index in [4.69, 9.17) is 0 Å². The van der Waals surface area contributed by atoms with E-state index in [2.05, 4.69) is 97.5 Å². The van der Waals surface area contributed by atoms with Crippen molar-refractivity contribution in [2.24, 2.45) is 0 Å². The van der Waals surface area contributed by atoms with Crippen LogP contribution in [0.15, 0.2) is 67.0 Å². The van der Waals surface area contributed by atoms with Gasteiger partial charge in [-0.1, -0.05) is 43.0 Å². The number of hydrogen-bond acceptors (Lipinski definition) is 3. The summed E-state index contributed by atoms with van der Waals surface area (Å²) >= 11 is 0. The monoisotopic (exact) mass is 333 g/mol. The van der Waals surface area contributed by atoms with Crippen LogP contribution < -0.4 is 10.3 Å². The number of likely N-dealkylation sites (N-methyl/N-ethyl adjacent to an activating group) is 1. The maximum absolute atomic E-state index is 3.88. The molecule has 25 heavy (non-hydrogen) atoms. The van der Waals surface area contributed by atoms with Crippen molar-refractivity contribution in [2.75, 3.05) is 12.1 Å². The number of benzene rings is 2. The summed E-state index contributed by atoms with van der Waals surface area (Å²) in [5.41, 5.74) is 7.23. The second kappa shape index (κ2) is 7.16. The fourth-order valence-electron chi connectivity index (χ4n) is 2.99. The molecular formula is C22H27N3. The Balaban J connectivity index is 1.85. The first-order chi connectivity index (χ1) is 12.0. The van der Waals surface area contributed by atoms with E-state index in [-0.39, 0.29) is 0 Å². The Labute approximate surface area is 151 Å². The van der Waals surface area contributed by atoms with Crippen molar-refractivity contribution in [1.29, 1.82) is 0 Å². The van der Waals surface area contributed by atoms with Gasteiger partial charge in [0.25, 0.3) is 0 Å². The van der Waals surface area contributed by atoms with Crippen LogP contribution in [-0.2, 0) is 6.54 Å². The highest BCUT2D eigenvalue weighted by molar-refractivity contribution is 5.71. The van der Waals surface area contributed by atoms with Crippen LogP contribution in [-0.4, -0.2) is 18.1 Å². The van der Waals surface area contributed by atoms with Gasteiger partial charge in [0.05, 0.1) is 5.69 Å². The number of allylic oxidation sites excluding steroid dienone is 1. The third kappa shape index (κ3) is 3.77. The molecule has 0 amide bonds. The Morgan fingerprint density at radius 1 is 1.12 bits per heavy atom. The summed E-state index contributed by atoms with van der Waals surface area (Å²) in [7, 11) is 2.13. The number of aryl methyl sites for hydroxylation is 1. The minimum Gasteiger partial charge on any atom is -0.385 e. The molecule has 0 aliphatic carbocycles. The normalized spacial score (nSPS) is 17.1. The first-order valence-electron chi connectivity index (χ1n) is 8.75. The second-order valence-electron chi connectivity index (χ2n) is 6.83. The molecule has 0 bridgehead atoms. The zero-order valence-electron chi connectivity index (χ0n) is 15.6. The fourth-order valence-corrected chi connectivity index (χ4v) is 2.99. The lowest BCUT2D eigenvalue weighted by atomic mass is 10.0. The summed E-state index contributed by atoms with van der Waals surface area (Å²) in [6, 6.07) is 15.8. The molecule has 1 heterocycles. The van der Waals surface area contributed by atoms with E-state index < -0.39 is 0 Å². The topological polar surface area (TPSA) is 18.5 Å². The molecule has 3 rings (SSSR count). The zero-order valence-corrected chi connectivity index (χ0v) is 15.6. The lowest BCUT2D eigenvalue weighted by molar-refractivity contribution is 0.322. The van der Waals surface area contributed by atoms with Crippen LogP contribution in [0.2, 0.25) is 0 Å². The standard InChI is InChI=1S/C22H27N3/c1-16(2)23-15-19-7-10-20(11-8-19)21-9-6-17(3)22(14-21)25-13-12-18(4)24(25)5/h6-14,18,23H,1,15H2,2-5H3. The molecule has 0 fully saturated rings. The van der Waals surface area contributed by atoms with E-state index in [0.717, 1.165) is 12.2 Å². The van der Waals surface area contributed by atoms with Crippen molar-refractivity contribution in [2.45, 2.75) is 33.4 Å². The summed E-state index contributed by atoms with van der Waals surface area (Å²) in [6.45, 7) is 11.0. The summed E-state index contributed by atoms with van der Waals surface area (Å²) in [5.74, 6) is 0. The summed E-state index contributed by atoms with van der Waals surface area (Å²) < 4.78 is 0. The van der Waals surface area contributed by atoms with Crippen LogP contribution in [0.5, 0.6) is 0 Å². The van der Waals surface area contributed by atoms with Gasteiger partial charge in [-0.15, -0.1) is 0 Å². The number of hydrogen-bond donors (Lipinski definition) is 1. The van der Waals surface area contributed by atoms with Crippen molar-refractivity contribution >= 4 is 5.69 Å². The predicted molar refractivity (Wildman–Crippen MR) is 107 cm³/mol. The third-order valence-electron chi connectivity index (χ3n) is 4.77. The molecule has 0 radical (unpaired) electrons. The van der Waals surface area contributed by atoms with Crippen LogP contribution in [0, 0.1) is 6.92 Å². The number of anilines is 1. The lowest BCUT2D eigenvalue weighted by Crippen LogP contribution is -2.36. The van der Waals surface area contributed by atoms with Gasteiger partial charge in [0, 0.05) is 31.5 Å². The number of rotatable bonds is 5. The highest BCUT2D eigenvalue weighted by Gasteiger charge is 2.21. The third-order valence-corrected chi connectivity index (χ3v) is 4.77. The number of hydrazine groups is 1. The Hall–Kier alpha value is -2.52. The molecule has 3 heteroatoms. The average Bonchev–Trinajstić information content (AvgIpc) is 2.93. The second-order valence-corrected chi connectivity index (χ2v) is 6.83. The van der Waals surface area contributed by atoms with Crippen LogP contribution in [0.4, 0.5) is 5.69 Å². The van der Waals surface area contributed by atoms with Gasteiger partial charge in [-0.3, -0.25) is 5.01 Å². The van der Waals surface area contributed by atoms with Crippen molar-refractivity contribution in [3.8, 4) is 11.1 Å². The molecule has 1 aliphatic rings. The molecule has 1 atom stereocenters. The molecule has 1 unspecified atom stereocenters. The summed E-state index contributed by atoms with van der Waals surface area (Å²) in [5, 5.41) is 7.75. The van der Waals surface area contributed by atoms with Crippen molar-refractivity contribution in [3.05, 3.63) is 78.1 Å². The van der Waals surface area contributed by atoms with Gasteiger partial charge >= 0.3 is 0 Å². The molecule has 1 aliphatic heterocycles. The molecule has 130 valence electrons. The Kier molecular flexibility index (Phi) is 4.95. The Morgan fingerprint density at radius 3 is 2.40 bits per heavy atom. The quantitative estimate of drug-likeness (QED) is 0.843. The minimum absolute atomic E-state index is 0.420. The van der Waals surface area contributed by atoms with Crippen LogP contribution in [0.25, 0.3) is 11.1 Å². The Morgan fingerprint density at radius 2 is 1.80 bits per heavy atom. The molecule has 3 nitrogen and oxygen atoms in total. The predicted octanol–water partition coefficient (Wildman–Crippen LogP) is 4.85. The maximum atomic E-state index is 3.88. The van der Waals surface area contributed by atoms with Gasteiger partial charge in [0.2, 0.25) is 0 Å². The molecule has 0 aromatic heterocycles. The number of nitrogens with one attached hydrogen (secondary N) is 1. The molecule has 0 saturated heterocycles. The van der Waals surface area contributed by atoms with Gasteiger partial charge in [-0.25, -0.2) is 5.01 Å². The van der Waals surface area contributed by atoms with E-state index in [9.17, 15) is 0 Å². The van der Waals surface area contributed by atoms with E-state index in [1.165, 1.54) is 27.9 Å². The molecule has 1 N–H and O–H groups in total. The highest BCUT2D eigenvalue weighted by Crippen LogP contribution is 2.31. The van der Waals surface area contributed by atoms with Gasteiger partial charge in [-0.2, -0.15) is 0 Å². The van der Waals surface area contributed by atoms with Crippen LogP contribution in [0.3, 0.4) is 0 Å². The highest BCUT2D eigenvalue weighted by atomic mass is 15.6. The minimum atomic E-state index is 0.420. The van der Waals surface area contributed by atoms with Crippen LogP contribution >= 0.6 is 0 Å². The van der Waals surface area contributed by atoms with Gasteiger partial charge < -0.3 is 5.32 Å². The summed E-state index contributed by atoms with van der Waals surface area (Å²) in [6.07, 6.45) is 4.37. The van der Waals surface area contributed by atoms with Crippen LogP contribution in [0.1, 0.15) is 25.0 Å². The Bertz CT molecular complexity index is 789. The molecule has 2 aromatic rings. The lowest BCUT2D eigenvalue weighted by Gasteiger charge is -2.30. The van der Waals surface area contributed by atoms with Crippen molar-refractivity contribution in [1.82, 2.24) is 10.3 Å². The first-order valence-corrected chi connectivity index (χ1v) is 8.75. The smallest absolute Gasteiger partial charge is 0.0608 e. The zero-order chi connectivity index (χ0) is 18.0. The van der Waals surface area contributed by atoms with Gasteiger partial charge in [-0.05, 0) is 55.2 Å². The molecule has 0 saturated carbocycles. The van der Waals surface area contributed by atoms with E-state index in [0.29, 0.717) is 6.04 Å². The van der Waals surface area contributed by atoms with Gasteiger partial charge in [0.15, 0.2) is 0 Å². The van der Waals surface area contributed by atoms with E-state index in [1.807, 2.05) is 6.92 Å². The summed E-state index contributed by atoms with van der Waals surface area (Å²) in [4.78, 5) is 0. The average molecular weight is 333 g/mol. The van der Waals surface area contributed by atoms with E-state index in [1.54, 1.807) is 0 Å². The van der Waals surface area contributed by atoms with Crippen molar-refractivity contribution in [3.63, 3.8) is 0 Å². The SMILES string of the molecule is C=C(C)NCc1ccc(-c2ccc(C)c(N3C=CC(C)N3C)c2)cc1. The van der Waals surface area contributed by atoms with Crippen molar-refractivity contribution < 1.29 is 0 Å². The maximum Gasteiger partial charge on any atom is 0.0608 e.